The second-order valence-corrected chi connectivity index (χ2v) is 7.20. The maximum atomic E-state index is 12.7. The van der Waals surface area contributed by atoms with Crippen molar-refractivity contribution in [1.29, 1.82) is 0 Å². The molecule has 1 aromatic heterocycles. The zero-order valence-corrected chi connectivity index (χ0v) is 14.0. The van der Waals surface area contributed by atoms with Crippen molar-refractivity contribution in [3.63, 3.8) is 0 Å². The van der Waals surface area contributed by atoms with E-state index < -0.39 is 0 Å². The molecular formula is C19H26N2O3. The third-order valence-corrected chi connectivity index (χ3v) is 5.62. The fraction of sp³-hybridized carbons (Fsp3) is 0.632. The molecule has 5 heteroatoms. The van der Waals surface area contributed by atoms with Gasteiger partial charge in [0.2, 0.25) is 5.91 Å². The van der Waals surface area contributed by atoms with Crippen LogP contribution in [0.5, 0.6) is 0 Å². The lowest BCUT2D eigenvalue weighted by molar-refractivity contribution is -0.127. The highest BCUT2D eigenvalue weighted by atomic mass is 16.5. The Bertz CT molecular complexity index is 583. The Morgan fingerprint density at radius 1 is 1.33 bits per heavy atom. The van der Waals surface area contributed by atoms with Gasteiger partial charge in [0.15, 0.2) is 0 Å². The van der Waals surface area contributed by atoms with Crippen LogP contribution in [0.4, 0.5) is 0 Å². The second kappa shape index (κ2) is 7.11. The predicted octanol–water partition coefficient (Wildman–Crippen LogP) is 2.34. The van der Waals surface area contributed by atoms with E-state index in [9.17, 15) is 4.79 Å². The number of furan rings is 1. The van der Waals surface area contributed by atoms with Crippen LogP contribution in [0.3, 0.4) is 0 Å². The van der Waals surface area contributed by atoms with E-state index in [0.717, 1.165) is 37.8 Å². The first-order valence-corrected chi connectivity index (χ1v) is 9.12. The summed E-state index contributed by atoms with van der Waals surface area (Å²) in [5, 5.41) is 3.01. The van der Waals surface area contributed by atoms with E-state index in [1.54, 1.807) is 6.26 Å². The van der Waals surface area contributed by atoms with Gasteiger partial charge in [-0.05, 0) is 43.7 Å². The van der Waals surface area contributed by atoms with Gasteiger partial charge in [-0.2, -0.15) is 0 Å². The second-order valence-electron chi connectivity index (χ2n) is 7.20. The summed E-state index contributed by atoms with van der Waals surface area (Å²) in [4.78, 5) is 15.2. The monoisotopic (exact) mass is 330 g/mol. The van der Waals surface area contributed by atoms with Crippen LogP contribution >= 0.6 is 0 Å². The van der Waals surface area contributed by atoms with Crippen LogP contribution in [0.2, 0.25) is 0 Å². The average molecular weight is 330 g/mol. The predicted molar refractivity (Wildman–Crippen MR) is 90.2 cm³/mol. The Hall–Kier alpha value is -1.59. The number of amides is 1. The number of likely N-dealkylation sites (tertiary alicyclic amines) is 1. The first-order chi connectivity index (χ1) is 11.8. The Morgan fingerprint density at radius 3 is 3.08 bits per heavy atom. The molecule has 2 saturated heterocycles. The highest BCUT2D eigenvalue weighted by molar-refractivity contribution is 5.80. The molecule has 4 rings (SSSR count). The molecule has 1 N–H and O–H groups in total. The summed E-state index contributed by atoms with van der Waals surface area (Å²) in [6, 6.07) is 4.13. The van der Waals surface area contributed by atoms with Gasteiger partial charge < -0.3 is 14.5 Å². The standard InChI is InChI=1S/C19H26N2O3/c22-19(20-11-15-7-4-9-23-15)16-13-21(17-8-10-24-18(16)17)12-14-5-2-1-3-6-14/h1-2,4,7,9,14,16-18H,3,5-6,8,10-13H2,(H,20,22)/t14-,16-,17+,18+/m0/s1. The minimum atomic E-state index is -0.0633. The lowest BCUT2D eigenvalue weighted by atomic mass is 9.93. The minimum absolute atomic E-state index is 0.0562. The van der Waals surface area contributed by atoms with Crippen molar-refractivity contribution in [2.24, 2.45) is 11.8 Å². The molecule has 0 saturated carbocycles. The molecule has 5 nitrogen and oxygen atoms in total. The average Bonchev–Trinajstić information content (AvgIpc) is 3.33. The molecule has 130 valence electrons. The van der Waals surface area contributed by atoms with Crippen LogP contribution in [-0.4, -0.2) is 42.6 Å². The molecule has 0 aromatic carbocycles. The van der Waals surface area contributed by atoms with E-state index in [4.69, 9.17) is 9.15 Å². The SMILES string of the molecule is O=C(NCc1ccco1)[C@H]1CN(C[C@H]2CC=CCC2)[C@@H]2CCO[C@H]12. The molecule has 24 heavy (non-hydrogen) atoms. The van der Waals surface area contributed by atoms with E-state index in [-0.39, 0.29) is 17.9 Å². The van der Waals surface area contributed by atoms with Crippen LogP contribution < -0.4 is 5.32 Å². The van der Waals surface area contributed by atoms with Crippen LogP contribution in [0.25, 0.3) is 0 Å². The minimum Gasteiger partial charge on any atom is -0.467 e. The maximum absolute atomic E-state index is 12.7. The normalized spacial score (nSPS) is 32.8. The highest BCUT2D eigenvalue weighted by Crippen LogP contribution is 2.35. The summed E-state index contributed by atoms with van der Waals surface area (Å²) in [6.45, 7) is 3.14. The van der Waals surface area contributed by atoms with E-state index in [1.165, 1.54) is 19.3 Å². The molecule has 1 amide bonds. The number of nitrogens with one attached hydrogen (secondary N) is 1. The molecular weight excluding hydrogens is 304 g/mol. The van der Waals surface area contributed by atoms with Crippen LogP contribution in [-0.2, 0) is 16.1 Å². The van der Waals surface area contributed by atoms with Crippen molar-refractivity contribution in [3.05, 3.63) is 36.3 Å². The zero-order chi connectivity index (χ0) is 16.4. The molecule has 3 aliphatic rings. The molecule has 0 unspecified atom stereocenters. The van der Waals surface area contributed by atoms with Gasteiger partial charge in [-0.15, -0.1) is 0 Å². The molecule has 2 fully saturated rings. The molecule has 2 aliphatic heterocycles. The van der Waals surface area contributed by atoms with Crippen molar-refractivity contribution in [2.45, 2.75) is 44.4 Å². The molecule has 1 aliphatic carbocycles. The molecule has 3 heterocycles. The van der Waals surface area contributed by atoms with Crippen LogP contribution in [0.1, 0.15) is 31.4 Å². The number of hydrogen-bond donors (Lipinski definition) is 1. The van der Waals surface area contributed by atoms with Crippen LogP contribution in [0, 0.1) is 11.8 Å². The number of carbonyl (C=O) groups excluding carboxylic acids is 1. The Labute approximate surface area is 143 Å². The van der Waals surface area contributed by atoms with E-state index in [1.807, 2.05) is 12.1 Å². The largest absolute Gasteiger partial charge is 0.467 e. The van der Waals surface area contributed by atoms with Gasteiger partial charge in [-0.25, -0.2) is 0 Å². The van der Waals surface area contributed by atoms with Gasteiger partial charge in [0.1, 0.15) is 5.76 Å². The Kier molecular flexibility index (Phi) is 4.72. The number of nitrogens with zero attached hydrogens (tertiary/aromatic N) is 1. The third kappa shape index (κ3) is 3.28. The van der Waals surface area contributed by atoms with Gasteiger partial charge in [0.05, 0.1) is 24.8 Å². The quantitative estimate of drug-likeness (QED) is 0.842. The van der Waals surface area contributed by atoms with Crippen molar-refractivity contribution in [2.75, 3.05) is 19.7 Å². The third-order valence-electron chi connectivity index (χ3n) is 5.62. The molecule has 0 spiro atoms. The molecule has 0 bridgehead atoms. The van der Waals surface area contributed by atoms with Gasteiger partial charge >= 0.3 is 0 Å². The van der Waals surface area contributed by atoms with E-state index >= 15 is 0 Å². The first-order valence-electron chi connectivity index (χ1n) is 9.12. The van der Waals surface area contributed by atoms with Crippen molar-refractivity contribution in [1.82, 2.24) is 10.2 Å². The number of fused-ring (bicyclic) bond motifs is 1. The summed E-state index contributed by atoms with van der Waals surface area (Å²) in [5.74, 6) is 1.54. The summed E-state index contributed by atoms with van der Waals surface area (Å²) in [5.41, 5.74) is 0. The Balaban J connectivity index is 1.36. The van der Waals surface area contributed by atoms with Gasteiger partial charge in [-0.1, -0.05) is 12.2 Å². The lowest BCUT2D eigenvalue weighted by Crippen LogP contribution is -2.37. The number of ether oxygens (including phenoxy) is 1. The van der Waals surface area contributed by atoms with Gasteiger partial charge in [-0.3, -0.25) is 9.69 Å². The maximum Gasteiger partial charge on any atom is 0.227 e. The van der Waals surface area contributed by atoms with Gasteiger partial charge in [0, 0.05) is 25.7 Å². The number of allylic oxidation sites excluding steroid dienone is 2. The van der Waals surface area contributed by atoms with Crippen molar-refractivity contribution in [3.8, 4) is 0 Å². The summed E-state index contributed by atoms with van der Waals surface area (Å²) in [7, 11) is 0. The molecule has 1 aromatic rings. The Morgan fingerprint density at radius 2 is 2.29 bits per heavy atom. The summed E-state index contributed by atoms with van der Waals surface area (Å²) >= 11 is 0. The van der Waals surface area contributed by atoms with E-state index in [0.29, 0.717) is 12.6 Å². The topological polar surface area (TPSA) is 54.7 Å². The fourth-order valence-corrected chi connectivity index (χ4v) is 4.38. The van der Waals surface area contributed by atoms with E-state index in [2.05, 4.69) is 22.4 Å². The fourth-order valence-electron chi connectivity index (χ4n) is 4.38. The zero-order valence-electron chi connectivity index (χ0n) is 14.0. The molecule has 0 radical (unpaired) electrons. The number of rotatable bonds is 5. The van der Waals surface area contributed by atoms with Gasteiger partial charge in [0.25, 0.3) is 0 Å². The first kappa shape index (κ1) is 15.9. The summed E-state index contributed by atoms with van der Waals surface area (Å²) in [6.07, 6.45) is 11.0. The molecule has 4 atom stereocenters. The smallest absolute Gasteiger partial charge is 0.227 e. The highest BCUT2D eigenvalue weighted by Gasteiger charge is 2.48. The number of carbonyl (C=O) groups is 1. The lowest BCUT2D eigenvalue weighted by Gasteiger charge is -2.28. The van der Waals surface area contributed by atoms with Crippen molar-refractivity contribution < 1.29 is 13.9 Å². The summed E-state index contributed by atoms with van der Waals surface area (Å²) < 4.78 is 11.2. The van der Waals surface area contributed by atoms with Crippen molar-refractivity contribution >= 4 is 5.91 Å². The van der Waals surface area contributed by atoms with Crippen LogP contribution in [0.15, 0.2) is 35.0 Å². The number of hydrogen-bond acceptors (Lipinski definition) is 4.